The molecule has 0 aliphatic carbocycles. The van der Waals surface area contributed by atoms with Crippen LogP contribution in [0.25, 0.3) is 21.3 Å². The van der Waals surface area contributed by atoms with Gasteiger partial charge >= 0.3 is 0 Å². The molecular weight excluding hydrogens is 324 g/mol. The van der Waals surface area contributed by atoms with Crippen molar-refractivity contribution in [2.24, 2.45) is 0 Å². The normalized spacial score (nSPS) is 11.5. The molecule has 0 spiro atoms. The van der Waals surface area contributed by atoms with Gasteiger partial charge in [0.2, 0.25) is 5.89 Å². The van der Waals surface area contributed by atoms with E-state index in [0.29, 0.717) is 10.8 Å². The van der Waals surface area contributed by atoms with Crippen LogP contribution in [-0.4, -0.2) is 9.97 Å². The van der Waals surface area contributed by atoms with Crippen molar-refractivity contribution < 1.29 is 4.42 Å². The molecule has 0 aliphatic heterocycles. The fourth-order valence-corrected chi connectivity index (χ4v) is 4.11. The predicted molar refractivity (Wildman–Crippen MR) is 88.2 cm³/mol. The van der Waals surface area contributed by atoms with E-state index in [9.17, 15) is 0 Å². The average molecular weight is 333 g/mol. The van der Waals surface area contributed by atoms with Gasteiger partial charge in [-0.05, 0) is 30.3 Å². The highest BCUT2D eigenvalue weighted by atomic mass is 35.5. The summed E-state index contributed by atoms with van der Waals surface area (Å²) in [5.74, 6) is 1.39. The summed E-state index contributed by atoms with van der Waals surface area (Å²) >= 11 is 9.26. The van der Waals surface area contributed by atoms with Gasteiger partial charge in [0.15, 0.2) is 9.92 Å². The Morgan fingerprint density at radius 1 is 1.10 bits per heavy atom. The molecule has 21 heavy (non-hydrogen) atoms. The molecule has 6 heteroatoms. The van der Waals surface area contributed by atoms with Crippen LogP contribution in [-0.2, 0) is 5.75 Å². The molecule has 0 N–H and O–H groups in total. The molecule has 0 saturated heterocycles. The van der Waals surface area contributed by atoms with E-state index in [1.807, 2.05) is 42.5 Å². The number of halogens is 1. The van der Waals surface area contributed by atoms with Gasteiger partial charge in [-0.15, -0.1) is 11.3 Å². The number of fused-ring (bicyclic) bond motifs is 2. The minimum Gasteiger partial charge on any atom is -0.440 e. The standard InChI is InChI=1S/C15H9ClN2OS2/c16-9-5-6-13-11(7-9)18-15(21-13)20-8-14-17-10-3-1-2-4-12(10)19-14/h1-7H,8H2. The van der Waals surface area contributed by atoms with Crippen LogP contribution >= 0.6 is 34.7 Å². The van der Waals surface area contributed by atoms with E-state index in [-0.39, 0.29) is 0 Å². The van der Waals surface area contributed by atoms with E-state index in [2.05, 4.69) is 9.97 Å². The molecule has 2 aromatic carbocycles. The van der Waals surface area contributed by atoms with Gasteiger partial charge in [0.25, 0.3) is 0 Å². The number of benzene rings is 2. The lowest BCUT2D eigenvalue weighted by atomic mass is 10.3. The number of para-hydroxylation sites is 2. The molecule has 0 aliphatic rings. The maximum absolute atomic E-state index is 5.98. The van der Waals surface area contributed by atoms with Gasteiger partial charge in [0, 0.05) is 5.02 Å². The number of hydrogen-bond donors (Lipinski definition) is 0. The predicted octanol–water partition coefficient (Wildman–Crippen LogP) is 5.38. The molecule has 4 rings (SSSR count). The Morgan fingerprint density at radius 2 is 2.00 bits per heavy atom. The molecule has 0 amide bonds. The van der Waals surface area contributed by atoms with Gasteiger partial charge in [-0.1, -0.05) is 35.5 Å². The van der Waals surface area contributed by atoms with Crippen molar-refractivity contribution in [3.63, 3.8) is 0 Å². The molecular formula is C15H9ClN2OS2. The van der Waals surface area contributed by atoms with Crippen LogP contribution in [0.3, 0.4) is 0 Å². The van der Waals surface area contributed by atoms with Crippen molar-refractivity contribution in [3.8, 4) is 0 Å². The van der Waals surface area contributed by atoms with E-state index >= 15 is 0 Å². The molecule has 0 saturated carbocycles. The van der Waals surface area contributed by atoms with Crippen molar-refractivity contribution in [2.45, 2.75) is 10.1 Å². The summed E-state index contributed by atoms with van der Waals surface area (Å²) in [6.07, 6.45) is 0. The third-order valence-electron chi connectivity index (χ3n) is 2.99. The molecule has 3 nitrogen and oxygen atoms in total. The summed E-state index contributed by atoms with van der Waals surface area (Å²) in [6.45, 7) is 0. The Balaban J connectivity index is 1.57. The quantitative estimate of drug-likeness (QED) is 0.472. The smallest absolute Gasteiger partial charge is 0.205 e. The number of rotatable bonds is 3. The fraction of sp³-hybridized carbons (Fsp3) is 0.0667. The van der Waals surface area contributed by atoms with Gasteiger partial charge < -0.3 is 4.42 Å². The average Bonchev–Trinajstić information content (AvgIpc) is 3.07. The van der Waals surface area contributed by atoms with Crippen molar-refractivity contribution >= 4 is 56.0 Å². The van der Waals surface area contributed by atoms with Gasteiger partial charge in [-0.2, -0.15) is 0 Å². The number of thioether (sulfide) groups is 1. The summed E-state index contributed by atoms with van der Waals surface area (Å²) in [7, 11) is 0. The Labute approximate surface area is 134 Å². The maximum Gasteiger partial charge on any atom is 0.205 e. The highest BCUT2D eigenvalue weighted by Crippen LogP contribution is 2.33. The Hall–Kier alpha value is -1.56. The van der Waals surface area contributed by atoms with E-state index in [1.54, 1.807) is 23.1 Å². The summed E-state index contributed by atoms with van der Waals surface area (Å²) in [5.41, 5.74) is 2.65. The fourth-order valence-electron chi connectivity index (χ4n) is 2.05. The molecule has 4 aromatic rings. The molecule has 2 heterocycles. The Kier molecular flexibility index (Phi) is 3.33. The van der Waals surface area contributed by atoms with Crippen LogP contribution < -0.4 is 0 Å². The largest absolute Gasteiger partial charge is 0.440 e. The van der Waals surface area contributed by atoms with Crippen LogP contribution in [0.1, 0.15) is 5.89 Å². The Morgan fingerprint density at radius 3 is 2.90 bits per heavy atom. The first kappa shape index (κ1) is 13.1. The lowest BCUT2D eigenvalue weighted by Gasteiger charge is -1.91. The van der Waals surface area contributed by atoms with Gasteiger partial charge in [0.05, 0.1) is 16.0 Å². The van der Waals surface area contributed by atoms with E-state index < -0.39 is 0 Å². The highest BCUT2D eigenvalue weighted by molar-refractivity contribution is 8.00. The highest BCUT2D eigenvalue weighted by Gasteiger charge is 2.09. The van der Waals surface area contributed by atoms with Crippen molar-refractivity contribution in [1.82, 2.24) is 9.97 Å². The number of nitrogens with zero attached hydrogens (tertiary/aromatic N) is 2. The van der Waals surface area contributed by atoms with Crippen LogP contribution in [0.5, 0.6) is 0 Å². The summed E-state index contributed by atoms with van der Waals surface area (Å²) < 4.78 is 7.84. The minimum atomic E-state index is 0.669. The topological polar surface area (TPSA) is 38.9 Å². The molecule has 104 valence electrons. The molecule has 0 atom stereocenters. The zero-order valence-corrected chi connectivity index (χ0v) is 13.1. The second kappa shape index (κ2) is 5.33. The van der Waals surface area contributed by atoms with Gasteiger partial charge in [0.1, 0.15) is 5.52 Å². The van der Waals surface area contributed by atoms with E-state index in [0.717, 1.165) is 31.5 Å². The lowest BCUT2D eigenvalue weighted by molar-refractivity contribution is 0.556. The summed E-state index contributed by atoms with van der Waals surface area (Å²) in [6, 6.07) is 13.6. The summed E-state index contributed by atoms with van der Waals surface area (Å²) in [5, 5.41) is 0.711. The second-order valence-corrected chi connectivity index (χ2v) is 7.15. The minimum absolute atomic E-state index is 0.669. The number of hydrogen-bond acceptors (Lipinski definition) is 5. The first-order valence-electron chi connectivity index (χ1n) is 6.31. The molecule has 0 unspecified atom stereocenters. The van der Waals surface area contributed by atoms with Crippen LogP contribution in [0, 0.1) is 0 Å². The Bertz CT molecular complexity index is 899. The second-order valence-electron chi connectivity index (χ2n) is 4.46. The number of aromatic nitrogens is 2. The van der Waals surface area contributed by atoms with Gasteiger partial charge in [-0.25, -0.2) is 9.97 Å². The molecule has 0 radical (unpaired) electrons. The first-order valence-corrected chi connectivity index (χ1v) is 8.49. The molecule has 0 fully saturated rings. The third-order valence-corrected chi connectivity index (χ3v) is 5.39. The molecule has 0 bridgehead atoms. The van der Waals surface area contributed by atoms with Gasteiger partial charge in [-0.3, -0.25) is 0 Å². The summed E-state index contributed by atoms with van der Waals surface area (Å²) in [4.78, 5) is 9.03. The maximum atomic E-state index is 5.98. The number of thiazole rings is 1. The van der Waals surface area contributed by atoms with Crippen LogP contribution in [0.15, 0.2) is 51.2 Å². The van der Waals surface area contributed by atoms with E-state index in [1.165, 1.54) is 0 Å². The SMILES string of the molecule is Clc1ccc2sc(SCc3nc4ccccc4o3)nc2c1. The zero-order valence-electron chi connectivity index (χ0n) is 10.7. The first-order chi connectivity index (χ1) is 10.3. The van der Waals surface area contributed by atoms with Crippen LogP contribution in [0.2, 0.25) is 5.02 Å². The lowest BCUT2D eigenvalue weighted by Crippen LogP contribution is -1.78. The van der Waals surface area contributed by atoms with Crippen molar-refractivity contribution in [3.05, 3.63) is 53.4 Å². The third kappa shape index (κ3) is 2.64. The van der Waals surface area contributed by atoms with Crippen molar-refractivity contribution in [2.75, 3.05) is 0 Å². The van der Waals surface area contributed by atoms with Crippen molar-refractivity contribution in [1.29, 1.82) is 0 Å². The zero-order chi connectivity index (χ0) is 14.2. The number of oxazole rings is 1. The van der Waals surface area contributed by atoms with Crippen LogP contribution in [0.4, 0.5) is 0 Å². The van der Waals surface area contributed by atoms with E-state index in [4.69, 9.17) is 16.0 Å². The molecule has 2 aromatic heterocycles. The monoisotopic (exact) mass is 332 g/mol.